The van der Waals surface area contributed by atoms with Crippen molar-refractivity contribution in [1.29, 1.82) is 0 Å². The van der Waals surface area contributed by atoms with Gasteiger partial charge in [-0.05, 0) is 54.8 Å². The number of hydrogen-bond acceptors (Lipinski definition) is 4. The number of hydrogen-bond donors (Lipinski definition) is 1. The van der Waals surface area contributed by atoms with Crippen LogP contribution in [-0.2, 0) is 11.2 Å². The molecule has 4 aromatic rings. The zero-order valence-corrected chi connectivity index (χ0v) is 20.5. The summed E-state index contributed by atoms with van der Waals surface area (Å²) in [7, 11) is 0. The number of nitrogens with one attached hydrogen (secondary N) is 1. The summed E-state index contributed by atoms with van der Waals surface area (Å²) in [6, 6.07) is 21.5. The molecule has 0 radical (unpaired) electrons. The number of carbonyl (C=O) groups excluding carboxylic acids is 1. The van der Waals surface area contributed by atoms with Crippen LogP contribution in [0.4, 0.5) is 5.69 Å². The average molecular weight is 497 g/mol. The maximum absolute atomic E-state index is 12.6. The number of anilines is 1. The summed E-state index contributed by atoms with van der Waals surface area (Å²) >= 11 is 13.6. The lowest BCUT2D eigenvalue weighted by molar-refractivity contribution is -0.113. The minimum atomic E-state index is -0.205. The molecule has 0 unspecified atom stereocenters. The molecule has 1 aromatic heterocycles. The number of carbonyl (C=O) groups is 1. The quantitative estimate of drug-likeness (QED) is 0.296. The van der Waals surface area contributed by atoms with Crippen LogP contribution in [0.25, 0.3) is 5.69 Å². The van der Waals surface area contributed by atoms with Crippen molar-refractivity contribution < 1.29 is 4.79 Å². The molecule has 5 nitrogen and oxygen atoms in total. The minimum Gasteiger partial charge on any atom is -0.324 e. The Kier molecular flexibility index (Phi) is 7.38. The molecule has 0 aliphatic carbocycles. The highest BCUT2D eigenvalue weighted by Crippen LogP contribution is 2.30. The molecule has 1 amide bonds. The van der Waals surface area contributed by atoms with Crippen LogP contribution >= 0.6 is 35.0 Å². The van der Waals surface area contributed by atoms with E-state index in [0.717, 1.165) is 17.1 Å². The Hall–Kier alpha value is -2.80. The molecule has 0 atom stereocenters. The molecule has 168 valence electrons. The lowest BCUT2D eigenvalue weighted by Crippen LogP contribution is -2.15. The van der Waals surface area contributed by atoms with E-state index < -0.39 is 0 Å². The summed E-state index contributed by atoms with van der Waals surface area (Å²) in [5, 5.41) is 13.0. The Labute approximate surface area is 207 Å². The van der Waals surface area contributed by atoms with Gasteiger partial charge in [-0.2, -0.15) is 0 Å². The van der Waals surface area contributed by atoms with Crippen molar-refractivity contribution in [2.45, 2.75) is 25.4 Å². The number of amides is 1. The SMILES string of the molecule is Cc1ccc(-n2c(Cc3ccccc3)nnc2SCC(=O)Nc2cccc(Cl)c2Cl)cc1C. The largest absolute Gasteiger partial charge is 0.324 e. The molecule has 0 aliphatic rings. The Bertz CT molecular complexity index is 1290. The van der Waals surface area contributed by atoms with Gasteiger partial charge in [0.25, 0.3) is 0 Å². The number of rotatable bonds is 7. The van der Waals surface area contributed by atoms with Gasteiger partial charge >= 0.3 is 0 Å². The van der Waals surface area contributed by atoms with E-state index in [1.54, 1.807) is 18.2 Å². The highest BCUT2D eigenvalue weighted by molar-refractivity contribution is 7.99. The molecule has 33 heavy (non-hydrogen) atoms. The third kappa shape index (κ3) is 5.58. The van der Waals surface area contributed by atoms with Crippen molar-refractivity contribution in [2.75, 3.05) is 11.1 Å². The summed E-state index contributed by atoms with van der Waals surface area (Å²) in [5.74, 6) is 0.755. The third-order valence-corrected chi connectivity index (χ3v) is 6.96. The Morgan fingerprint density at radius 1 is 0.970 bits per heavy atom. The number of thioether (sulfide) groups is 1. The first-order valence-electron chi connectivity index (χ1n) is 10.3. The highest BCUT2D eigenvalue weighted by atomic mass is 35.5. The fraction of sp³-hybridized carbons (Fsp3) is 0.160. The highest BCUT2D eigenvalue weighted by Gasteiger charge is 2.17. The van der Waals surface area contributed by atoms with Crippen LogP contribution in [-0.4, -0.2) is 26.4 Å². The van der Waals surface area contributed by atoms with Gasteiger partial charge in [-0.3, -0.25) is 9.36 Å². The van der Waals surface area contributed by atoms with Gasteiger partial charge in [0, 0.05) is 12.1 Å². The zero-order chi connectivity index (χ0) is 23.4. The Balaban J connectivity index is 1.58. The van der Waals surface area contributed by atoms with Crippen molar-refractivity contribution in [3.05, 3.63) is 99.3 Å². The van der Waals surface area contributed by atoms with Gasteiger partial charge in [0.1, 0.15) is 5.82 Å². The van der Waals surface area contributed by atoms with E-state index in [2.05, 4.69) is 59.7 Å². The molecule has 4 rings (SSSR count). The van der Waals surface area contributed by atoms with Gasteiger partial charge in [0.15, 0.2) is 5.16 Å². The standard InChI is InChI=1S/C25H22Cl2N4OS/c1-16-11-12-19(13-17(16)2)31-22(14-18-7-4-3-5-8-18)29-30-25(31)33-15-23(32)28-21-10-6-9-20(26)24(21)27/h3-13H,14-15H2,1-2H3,(H,28,32). The molecule has 0 spiro atoms. The van der Waals surface area contributed by atoms with Crippen LogP contribution in [0, 0.1) is 13.8 Å². The molecule has 1 heterocycles. The number of benzene rings is 3. The predicted octanol–water partition coefficient (Wildman–Crippen LogP) is 6.51. The zero-order valence-electron chi connectivity index (χ0n) is 18.2. The summed E-state index contributed by atoms with van der Waals surface area (Å²) in [6.45, 7) is 4.16. The van der Waals surface area contributed by atoms with Crippen molar-refractivity contribution in [3.63, 3.8) is 0 Å². The van der Waals surface area contributed by atoms with Gasteiger partial charge in [0.2, 0.25) is 5.91 Å². The lowest BCUT2D eigenvalue weighted by atomic mass is 10.1. The van der Waals surface area contributed by atoms with Crippen LogP contribution in [0.1, 0.15) is 22.5 Å². The van der Waals surface area contributed by atoms with Crippen molar-refractivity contribution in [2.24, 2.45) is 0 Å². The van der Waals surface area contributed by atoms with E-state index in [1.165, 1.54) is 22.9 Å². The molecule has 0 bridgehead atoms. The normalized spacial score (nSPS) is 10.9. The molecule has 0 aliphatic heterocycles. The molecule has 3 aromatic carbocycles. The lowest BCUT2D eigenvalue weighted by Gasteiger charge is -2.12. The second-order valence-electron chi connectivity index (χ2n) is 7.60. The van der Waals surface area contributed by atoms with Crippen molar-refractivity contribution >= 4 is 46.6 Å². The fourth-order valence-electron chi connectivity index (χ4n) is 3.33. The van der Waals surface area contributed by atoms with Gasteiger partial charge in [-0.1, -0.05) is 77.4 Å². The molecule has 8 heteroatoms. The predicted molar refractivity (Wildman–Crippen MR) is 136 cm³/mol. The molecule has 1 N–H and O–H groups in total. The Morgan fingerprint density at radius 3 is 2.52 bits per heavy atom. The summed E-state index contributed by atoms with van der Waals surface area (Å²) in [4.78, 5) is 12.6. The number of aryl methyl sites for hydroxylation is 2. The van der Waals surface area contributed by atoms with Crippen LogP contribution in [0.3, 0.4) is 0 Å². The smallest absolute Gasteiger partial charge is 0.234 e. The maximum Gasteiger partial charge on any atom is 0.234 e. The van der Waals surface area contributed by atoms with Crippen LogP contribution in [0.5, 0.6) is 0 Å². The number of halogens is 2. The number of aromatic nitrogens is 3. The molecular weight excluding hydrogens is 475 g/mol. The van der Waals surface area contributed by atoms with Gasteiger partial charge in [0.05, 0.1) is 21.5 Å². The Morgan fingerprint density at radius 2 is 1.76 bits per heavy atom. The second-order valence-corrected chi connectivity index (χ2v) is 9.33. The molecule has 0 saturated carbocycles. The summed E-state index contributed by atoms with van der Waals surface area (Å²) in [6.07, 6.45) is 0.631. The third-order valence-electron chi connectivity index (χ3n) is 5.21. The fourth-order valence-corrected chi connectivity index (χ4v) is 4.45. The molecule has 0 fully saturated rings. The van der Waals surface area contributed by atoms with E-state index >= 15 is 0 Å². The van der Waals surface area contributed by atoms with Gasteiger partial charge in [-0.25, -0.2) is 0 Å². The number of nitrogens with zero attached hydrogens (tertiary/aromatic N) is 3. The van der Waals surface area contributed by atoms with Crippen molar-refractivity contribution in [3.8, 4) is 5.69 Å². The average Bonchev–Trinajstić information content (AvgIpc) is 3.20. The van der Waals surface area contributed by atoms with E-state index in [-0.39, 0.29) is 11.7 Å². The maximum atomic E-state index is 12.6. The van der Waals surface area contributed by atoms with Crippen LogP contribution in [0.15, 0.2) is 71.9 Å². The minimum absolute atomic E-state index is 0.150. The summed E-state index contributed by atoms with van der Waals surface area (Å²) in [5.41, 5.74) is 4.98. The molecule has 0 saturated heterocycles. The first-order chi connectivity index (χ1) is 15.9. The first-order valence-corrected chi connectivity index (χ1v) is 12.1. The van der Waals surface area contributed by atoms with Crippen LogP contribution in [0.2, 0.25) is 10.0 Å². The van der Waals surface area contributed by atoms with Crippen molar-refractivity contribution in [1.82, 2.24) is 14.8 Å². The van der Waals surface area contributed by atoms with E-state index in [0.29, 0.717) is 27.3 Å². The van der Waals surface area contributed by atoms with E-state index in [9.17, 15) is 4.79 Å². The summed E-state index contributed by atoms with van der Waals surface area (Å²) < 4.78 is 2.02. The van der Waals surface area contributed by atoms with Crippen LogP contribution < -0.4 is 5.32 Å². The first kappa shape index (κ1) is 23.4. The van der Waals surface area contributed by atoms with Gasteiger partial charge < -0.3 is 5.32 Å². The molecular formula is C25H22Cl2N4OS. The van der Waals surface area contributed by atoms with Gasteiger partial charge in [-0.15, -0.1) is 10.2 Å². The second kappa shape index (κ2) is 10.4. The monoisotopic (exact) mass is 496 g/mol. The topological polar surface area (TPSA) is 59.8 Å². The van der Waals surface area contributed by atoms with E-state index in [4.69, 9.17) is 23.2 Å². The van der Waals surface area contributed by atoms with E-state index in [1.807, 2.05) is 22.8 Å².